The summed E-state index contributed by atoms with van der Waals surface area (Å²) in [6.45, 7) is 15.3. The normalized spacial score (nSPS) is 28.4. The summed E-state index contributed by atoms with van der Waals surface area (Å²) in [7, 11) is 0. The van der Waals surface area contributed by atoms with E-state index in [9.17, 15) is 0 Å². The Balaban J connectivity index is 2.85. The molecule has 1 aliphatic rings. The Morgan fingerprint density at radius 3 is 2.69 bits per heavy atom. The second-order valence-electron chi connectivity index (χ2n) is 4.07. The van der Waals surface area contributed by atoms with Crippen molar-refractivity contribution in [2.45, 2.75) is 45.1 Å². The fourth-order valence-electron chi connectivity index (χ4n) is 1.95. The highest BCUT2D eigenvalue weighted by Gasteiger charge is 2.38. The average molecular weight is 175 g/mol. The van der Waals surface area contributed by atoms with Gasteiger partial charge < -0.3 is 4.85 Å². The number of hydrogen-bond donors (Lipinski definition) is 0. The Morgan fingerprint density at radius 1 is 1.54 bits per heavy atom. The molecule has 1 unspecified atom stereocenters. The van der Waals surface area contributed by atoms with Crippen LogP contribution in [0.4, 0.5) is 0 Å². The summed E-state index contributed by atoms with van der Waals surface area (Å²) in [4.78, 5) is 3.80. The molecular weight excluding hydrogens is 158 g/mol. The second-order valence-corrected chi connectivity index (χ2v) is 4.07. The fraction of sp³-hybridized carbons (Fsp3) is 0.583. The van der Waals surface area contributed by atoms with E-state index in [-0.39, 0.29) is 5.54 Å². The Labute approximate surface area is 81.0 Å². The fourth-order valence-corrected chi connectivity index (χ4v) is 1.95. The molecule has 0 saturated heterocycles. The Bertz CT molecular complexity index is 280. The Morgan fingerprint density at radius 2 is 2.23 bits per heavy atom. The van der Waals surface area contributed by atoms with Crippen LogP contribution in [0.25, 0.3) is 4.85 Å². The smallest absolute Gasteiger partial charge is 0.240 e. The van der Waals surface area contributed by atoms with Gasteiger partial charge in [0.15, 0.2) is 0 Å². The lowest BCUT2D eigenvalue weighted by atomic mass is 9.77. The van der Waals surface area contributed by atoms with Gasteiger partial charge in [-0.25, -0.2) is 6.57 Å². The van der Waals surface area contributed by atoms with E-state index in [1.807, 2.05) is 6.08 Å². The monoisotopic (exact) mass is 175 g/mol. The average Bonchev–Trinajstić information content (AvgIpc) is 2.12. The molecule has 0 aromatic heterocycles. The minimum absolute atomic E-state index is 0.161. The molecule has 1 nitrogen and oxygen atoms in total. The van der Waals surface area contributed by atoms with E-state index >= 15 is 0 Å². The minimum Gasteiger partial charge on any atom is -0.310 e. The molecule has 0 heterocycles. The van der Waals surface area contributed by atoms with Crippen molar-refractivity contribution in [3.63, 3.8) is 0 Å². The zero-order valence-corrected chi connectivity index (χ0v) is 8.56. The van der Waals surface area contributed by atoms with Gasteiger partial charge in [0.1, 0.15) is 0 Å². The maximum atomic E-state index is 7.26. The van der Waals surface area contributed by atoms with Gasteiger partial charge in [0.25, 0.3) is 0 Å². The Hall–Kier alpha value is -1.03. The van der Waals surface area contributed by atoms with Gasteiger partial charge in [0, 0.05) is 19.3 Å². The first kappa shape index (κ1) is 10.1. The molecule has 1 rings (SSSR count). The van der Waals surface area contributed by atoms with E-state index in [0.717, 1.165) is 25.7 Å². The van der Waals surface area contributed by atoms with E-state index in [1.165, 1.54) is 11.1 Å². The number of nitrogens with zero attached hydrogens (tertiary/aromatic N) is 1. The summed E-state index contributed by atoms with van der Waals surface area (Å²) >= 11 is 0. The third kappa shape index (κ3) is 2.01. The third-order valence-corrected chi connectivity index (χ3v) is 3.05. The lowest BCUT2D eigenvalue weighted by Crippen LogP contribution is -2.27. The predicted molar refractivity (Wildman–Crippen MR) is 56.4 cm³/mol. The largest absolute Gasteiger partial charge is 0.310 e. The third-order valence-electron chi connectivity index (χ3n) is 3.05. The quantitative estimate of drug-likeness (QED) is 0.445. The van der Waals surface area contributed by atoms with Crippen molar-refractivity contribution in [1.82, 2.24) is 0 Å². The molecule has 0 aliphatic heterocycles. The van der Waals surface area contributed by atoms with Crippen molar-refractivity contribution in [3.8, 4) is 0 Å². The van der Waals surface area contributed by atoms with Gasteiger partial charge in [0.2, 0.25) is 5.54 Å². The molecule has 1 heteroatoms. The van der Waals surface area contributed by atoms with Crippen LogP contribution < -0.4 is 0 Å². The lowest BCUT2D eigenvalue weighted by molar-refractivity contribution is 0.439. The molecule has 0 fully saturated rings. The molecule has 0 aromatic rings. The topological polar surface area (TPSA) is 4.36 Å². The van der Waals surface area contributed by atoms with Crippen LogP contribution in [0.1, 0.15) is 39.5 Å². The van der Waals surface area contributed by atoms with Crippen LogP contribution in [0.5, 0.6) is 0 Å². The molecule has 0 N–H and O–H groups in total. The predicted octanol–water partition coefficient (Wildman–Crippen LogP) is 3.74. The summed E-state index contributed by atoms with van der Waals surface area (Å²) in [6.07, 6.45) is 5.75. The van der Waals surface area contributed by atoms with E-state index in [2.05, 4.69) is 25.3 Å². The number of rotatable bonds is 2. The van der Waals surface area contributed by atoms with Gasteiger partial charge in [-0.15, -0.1) is 6.58 Å². The van der Waals surface area contributed by atoms with Crippen molar-refractivity contribution in [1.29, 1.82) is 0 Å². The zero-order chi connectivity index (χ0) is 9.90. The molecule has 70 valence electrons. The van der Waals surface area contributed by atoms with Gasteiger partial charge in [-0.1, -0.05) is 17.2 Å². The molecule has 1 aliphatic carbocycles. The lowest BCUT2D eigenvalue weighted by Gasteiger charge is -2.26. The highest BCUT2D eigenvalue weighted by atomic mass is 14.8. The first-order valence-corrected chi connectivity index (χ1v) is 4.78. The molecule has 0 aromatic carbocycles. The summed E-state index contributed by atoms with van der Waals surface area (Å²) in [6, 6.07) is 0. The molecule has 0 bridgehead atoms. The van der Waals surface area contributed by atoms with Gasteiger partial charge in [-0.05, 0) is 20.3 Å². The van der Waals surface area contributed by atoms with Crippen LogP contribution in [0, 0.1) is 6.57 Å². The van der Waals surface area contributed by atoms with Crippen molar-refractivity contribution in [2.24, 2.45) is 0 Å². The van der Waals surface area contributed by atoms with Gasteiger partial charge in [-0.3, -0.25) is 0 Å². The minimum atomic E-state index is -0.161. The highest BCUT2D eigenvalue weighted by molar-refractivity contribution is 5.22. The first-order valence-electron chi connectivity index (χ1n) is 4.78. The van der Waals surface area contributed by atoms with Crippen LogP contribution in [-0.4, -0.2) is 5.54 Å². The van der Waals surface area contributed by atoms with E-state index in [4.69, 9.17) is 6.57 Å². The number of hydrogen-bond acceptors (Lipinski definition) is 0. The SMILES string of the molecule is [C-]#[N+]C1(CC=C)CCC(C)=C(C)C1. The Kier molecular flexibility index (Phi) is 2.93. The summed E-state index contributed by atoms with van der Waals surface area (Å²) in [5, 5.41) is 0. The van der Waals surface area contributed by atoms with E-state index in [0.29, 0.717) is 0 Å². The van der Waals surface area contributed by atoms with Crippen LogP contribution in [0.15, 0.2) is 23.8 Å². The van der Waals surface area contributed by atoms with Crippen LogP contribution >= 0.6 is 0 Å². The maximum absolute atomic E-state index is 7.26. The summed E-state index contributed by atoms with van der Waals surface area (Å²) in [5.74, 6) is 0. The van der Waals surface area contributed by atoms with Crippen LogP contribution in [0.2, 0.25) is 0 Å². The van der Waals surface area contributed by atoms with Crippen molar-refractivity contribution in [2.75, 3.05) is 0 Å². The van der Waals surface area contributed by atoms with Crippen LogP contribution in [0.3, 0.4) is 0 Å². The molecule has 0 amide bonds. The van der Waals surface area contributed by atoms with Crippen molar-refractivity contribution >= 4 is 0 Å². The van der Waals surface area contributed by atoms with Gasteiger partial charge >= 0.3 is 0 Å². The van der Waals surface area contributed by atoms with Crippen LogP contribution in [-0.2, 0) is 0 Å². The molecule has 0 spiro atoms. The van der Waals surface area contributed by atoms with E-state index in [1.54, 1.807) is 0 Å². The van der Waals surface area contributed by atoms with E-state index < -0.39 is 0 Å². The maximum Gasteiger partial charge on any atom is 0.240 e. The zero-order valence-electron chi connectivity index (χ0n) is 8.56. The molecular formula is C12H17N. The second kappa shape index (κ2) is 3.79. The van der Waals surface area contributed by atoms with Gasteiger partial charge in [0.05, 0.1) is 0 Å². The first-order chi connectivity index (χ1) is 6.13. The number of allylic oxidation sites excluding steroid dienone is 1. The van der Waals surface area contributed by atoms with Gasteiger partial charge in [-0.2, -0.15) is 0 Å². The summed E-state index contributed by atoms with van der Waals surface area (Å²) in [5.41, 5.74) is 2.72. The standard InChI is InChI=1S/C12H17N/c1-5-7-12(13-4)8-6-10(2)11(3)9-12/h5H,1,6-9H2,2-3H3. The highest BCUT2D eigenvalue weighted by Crippen LogP contribution is 2.37. The van der Waals surface area contributed by atoms with Crippen molar-refractivity contribution < 1.29 is 0 Å². The molecule has 1 atom stereocenters. The molecule has 13 heavy (non-hydrogen) atoms. The van der Waals surface area contributed by atoms with Crippen molar-refractivity contribution in [3.05, 3.63) is 35.2 Å². The molecule has 0 saturated carbocycles. The summed E-state index contributed by atoms with van der Waals surface area (Å²) < 4.78 is 0. The molecule has 0 radical (unpaired) electrons.